The van der Waals surface area contributed by atoms with Gasteiger partial charge in [0.1, 0.15) is 0 Å². The maximum atomic E-state index is 5.77. The van der Waals surface area contributed by atoms with Crippen LogP contribution in [-0.4, -0.2) is 30.6 Å². The molecule has 0 amide bonds. The van der Waals surface area contributed by atoms with E-state index in [4.69, 9.17) is 5.73 Å². The Morgan fingerprint density at radius 3 is 2.67 bits per heavy atom. The van der Waals surface area contributed by atoms with Gasteiger partial charge in [-0.2, -0.15) is 0 Å². The third kappa shape index (κ3) is 2.54. The predicted molar refractivity (Wildman–Crippen MR) is 64.7 cm³/mol. The lowest BCUT2D eigenvalue weighted by Crippen LogP contribution is -2.50. The molecule has 0 bridgehead atoms. The van der Waals surface area contributed by atoms with Crippen LogP contribution in [-0.2, 0) is 0 Å². The van der Waals surface area contributed by atoms with Crippen LogP contribution in [0.2, 0.25) is 0 Å². The predicted octanol–water partition coefficient (Wildman–Crippen LogP) is 2.09. The second-order valence-corrected chi connectivity index (χ2v) is 5.87. The zero-order valence-electron chi connectivity index (χ0n) is 10.3. The van der Waals surface area contributed by atoms with E-state index in [2.05, 4.69) is 18.7 Å². The van der Waals surface area contributed by atoms with E-state index in [-0.39, 0.29) is 0 Å². The number of piperidine rings is 1. The summed E-state index contributed by atoms with van der Waals surface area (Å²) >= 11 is 0. The lowest BCUT2D eigenvalue weighted by Gasteiger charge is -2.47. The average molecular weight is 210 g/mol. The third-order valence-electron chi connectivity index (χ3n) is 4.49. The van der Waals surface area contributed by atoms with E-state index in [0.717, 1.165) is 30.3 Å². The van der Waals surface area contributed by atoms with Crippen molar-refractivity contribution < 1.29 is 0 Å². The molecule has 2 nitrogen and oxygen atoms in total. The van der Waals surface area contributed by atoms with Crippen molar-refractivity contribution in [1.82, 2.24) is 4.90 Å². The highest BCUT2D eigenvalue weighted by Gasteiger charge is 2.36. The molecule has 2 N–H and O–H groups in total. The molecule has 2 heteroatoms. The Hall–Kier alpha value is -0.0800. The van der Waals surface area contributed by atoms with E-state index >= 15 is 0 Å². The lowest BCUT2D eigenvalue weighted by atomic mass is 9.72. The molecule has 1 heterocycles. The van der Waals surface area contributed by atoms with Crippen LogP contribution in [0.25, 0.3) is 0 Å². The van der Waals surface area contributed by atoms with Gasteiger partial charge in [0.15, 0.2) is 0 Å². The van der Waals surface area contributed by atoms with Gasteiger partial charge < -0.3 is 10.6 Å². The van der Waals surface area contributed by atoms with Gasteiger partial charge in [0.25, 0.3) is 0 Å². The minimum atomic E-state index is 0.775. The molecule has 15 heavy (non-hydrogen) atoms. The molecule has 2 fully saturated rings. The highest BCUT2D eigenvalue weighted by molar-refractivity contribution is 4.90. The highest BCUT2D eigenvalue weighted by Crippen LogP contribution is 2.38. The molecule has 2 aliphatic rings. The van der Waals surface area contributed by atoms with Crippen LogP contribution in [0, 0.1) is 17.8 Å². The van der Waals surface area contributed by atoms with Crippen molar-refractivity contribution in [3.05, 3.63) is 0 Å². The van der Waals surface area contributed by atoms with E-state index < -0.39 is 0 Å². The van der Waals surface area contributed by atoms with Gasteiger partial charge in [-0.15, -0.1) is 0 Å². The second-order valence-electron chi connectivity index (χ2n) is 5.87. The van der Waals surface area contributed by atoms with Gasteiger partial charge in [0.05, 0.1) is 0 Å². The van der Waals surface area contributed by atoms with Crippen molar-refractivity contribution in [3.8, 4) is 0 Å². The van der Waals surface area contributed by atoms with E-state index in [0.29, 0.717) is 0 Å². The van der Waals surface area contributed by atoms with Crippen LogP contribution in [0.15, 0.2) is 0 Å². The van der Waals surface area contributed by atoms with Crippen molar-refractivity contribution >= 4 is 0 Å². The molecular formula is C13H26N2. The number of likely N-dealkylation sites (tertiary alicyclic amines) is 1. The molecule has 2 rings (SSSR count). The second kappa shape index (κ2) is 4.84. The first kappa shape index (κ1) is 11.4. The number of hydrogen-bond donors (Lipinski definition) is 1. The number of rotatable bonds is 3. The molecule has 1 unspecified atom stereocenters. The normalized spacial score (nSPS) is 38.0. The van der Waals surface area contributed by atoms with Crippen molar-refractivity contribution in [1.29, 1.82) is 0 Å². The van der Waals surface area contributed by atoms with E-state index in [1.54, 1.807) is 0 Å². The first-order valence-corrected chi connectivity index (χ1v) is 6.64. The van der Waals surface area contributed by atoms with Crippen LogP contribution in [0.1, 0.15) is 39.5 Å². The summed E-state index contributed by atoms with van der Waals surface area (Å²) in [6, 6.07) is 0.895. The van der Waals surface area contributed by atoms with Crippen molar-refractivity contribution in [3.63, 3.8) is 0 Å². The molecule has 0 aromatic rings. The summed E-state index contributed by atoms with van der Waals surface area (Å²) in [5.74, 6) is 2.65. The van der Waals surface area contributed by atoms with Crippen LogP contribution >= 0.6 is 0 Å². The first-order valence-electron chi connectivity index (χ1n) is 6.64. The van der Waals surface area contributed by atoms with Gasteiger partial charge >= 0.3 is 0 Å². The van der Waals surface area contributed by atoms with Crippen LogP contribution in [0.5, 0.6) is 0 Å². The summed E-state index contributed by atoms with van der Waals surface area (Å²) in [5, 5.41) is 0. The summed E-state index contributed by atoms with van der Waals surface area (Å²) in [7, 11) is 0. The molecule has 0 radical (unpaired) electrons. The van der Waals surface area contributed by atoms with Gasteiger partial charge in [-0.25, -0.2) is 0 Å². The summed E-state index contributed by atoms with van der Waals surface area (Å²) in [5.41, 5.74) is 5.77. The minimum absolute atomic E-state index is 0.775. The van der Waals surface area contributed by atoms with Crippen LogP contribution < -0.4 is 5.73 Å². The van der Waals surface area contributed by atoms with Crippen molar-refractivity contribution in [2.24, 2.45) is 23.5 Å². The third-order valence-corrected chi connectivity index (χ3v) is 4.49. The van der Waals surface area contributed by atoms with E-state index in [9.17, 15) is 0 Å². The summed E-state index contributed by atoms with van der Waals surface area (Å²) in [6.07, 6.45) is 5.60. The van der Waals surface area contributed by atoms with Crippen molar-refractivity contribution in [2.75, 3.05) is 19.6 Å². The zero-order valence-corrected chi connectivity index (χ0v) is 10.3. The standard InChI is InChI=1S/C13H26N2/c1-10(2)12-6-13(7-12)15-5-3-4-11(8-14)9-15/h10-13H,3-9,14H2,1-2H3. The fourth-order valence-electron chi connectivity index (χ4n) is 3.09. The van der Waals surface area contributed by atoms with E-state index in [1.807, 2.05) is 0 Å². The Labute approximate surface area is 94.2 Å². The van der Waals surface area contributed by atoms with Crippen LogP contribution in [0.3, 0.4) is 0 Å². The number of nitrogens with two attached hydrogens (primary N) is 1. The summed E-state index contributed by atoms with van der Waals surface area (Å²) in [6.45, 7) is 8.20. The first-order chi connectivity index (χ1) is 7.20. The number of hydrogen-bond acceptors (Lipinski definition) is 2. The van der Waals surface area contributed by atoms with Gasteiger partial charge in [-0.1, -0.05) is 13.8 Å². The summed E-state index contributed by atoms with van der Waals surface area (Å²) < 4.78 is 0. The summed E-state index contributed by atoms with van der Waals surface area (Å²) in [4.78, 5) is 2.71. The molecule has 1 aliphatic heterocycles. The highest BCUT2D eigenvalue weighted by atomic mass is 15.2. The molecule has 0 aromatic carbocycles. The maximum absolute atomic E-state index is 5.77. The SMILES string of the molecule is CC(C)C1CC(N2CCCC(CN)C2)C1. The van der Waals surface area contributed by atoms with Gasteiger partial charge in [-0.3, -0.25) is 0 Å². The van der Waals surface area contributed by atoms with Crippen LogP contribution in [0.4, 0.5) is 0 Å². The monoisotopic (exact) mass is 210 g/mol. The van der Waals surface area contributed by atoms with Gasteiger partial charge in [-0.05, 0) is 56.5 Å². The Balaban J connectivity index is 1.76. The molecule has 1 atom stereocenters. The lowest BCUT2D eigenvalue weighted by molar-refractivity contribution is 0.0274. The Morgan fingerprint density at radius 1 is 1.33 bits per heavy atom. The Morgan fingerprint density at radius 2 is 2.07 bits per heavy atom. The zero-order chi connectivity index (χ0) is 10.8. The van der Waals surface area contributed by atoms with Crippen molar-refractivity contribution in [2.45, 2.75) is 45.6 Å². The minimum Gasteiger partial charge on any atom is -0.330 e. The fourth-order valence-corrected chi connectivity index (χ4v) is 3.09. The molecule has 1 saturated carbocycles. The average Bonchev–Trinajstić information content (AvgIpc) is 2.15. The maximum Gasteiger partial charge on any atom is 0.0101 e. The Kier molecular flexibility index (Phi) is 3.68. The largest absolute Gasteiger partial charge is 0.330 e. The topological polar surface area (TPSA) is 29.3 Å². The number of nitrogens with zero attached hydrogens (tertiary/aromatic N) is 1. The fraction of sp³-hybridized carbons (Fsp3) is 1.00. The molecule has 0 aromatic heterocycles. The van der Waals surface area contributed by atoms with Gasteiger partial charge in [0.2, 0.25) is 0 Å². The molecular weight excluding hydrogens is 184 g/mol. The molecule has 88 valence electrons. The molecule has 1 aliphatic carbocycles. The molecule has 1 saturated heterocycles. The van der Waals surface area contributed by atoms with E-state index in [1.165, 1.54) is 38.8 Å². The Bertz CT molecular complexity index is 197. The smallest absolute Gasteiger partial charge is 0.0101 e. The quantitative estimate of drug-likeness (QED) is 0.773. The molecule has 0 spiro atoms. The van der Waals surface area contributed by atoms with Gasteiger partial charge in [0, 0.05) is 12.6 Å².